The van der Waals surface area contributed by atoms with E-state index >= 15 is 0 Å². The van der Waals surface area contributed by atoms with E-state index in [2.05, 4.69) is 0 Å². The van der Waals surface area contributed by atoms with E-state index in [0.29, 0.717) is 26.3 Å². The third-order valence-corrected chi connectivity index (χ3v) is 2.48. The fourth-order valence-corrected chi connectivity index (χ4v) is 1.66. The first kappa shape index (κ1) is 16.5. The van der Waals surface area contributed by atoms with Crippen LogP contribution in [0.1, 0.15) is 27.7 Å². The number of esters is 1. The van der Waals surface area contributed by atoms with Gasteiger partial charge in [0, 0.05) is 12.6 Å². The molecule has 1 heterocycles. The van der Waals surface area contributed by atoms with E-state index in [4.69, 9.17) is 14.2 Å². The Bertz CT molecular complexity index is 372. The average Bonchev–Trinajstić information content (AvgIpc) is 2.35. The number of morpholine rings is 1. The molecule has 0 aliphatic carbocycles. The number of amides is 1. The monoisotopic (exact) mass is 285 g/mol. The zero-order valence-electron chi connectivity index (χ0n) is 12.5. The number of hydrogen-bond donors (Lipinski definition) is 0. The summed E-state index contributed by atoms with van der Waals surface area (Å²) in [5, 5.41) is 0. The lowest BCUT2D eigenvalue weighted by Crippen LogP contribution is -2.46. The molecule has 1 aliphatic heterocycles. The zero-order chi connectivity index (χ0) is 15.2. The molecule has 0 N–H and O–H groups in total. The predicted molar refractivity (Wildman–Crippen MR) is 73.3 cm³/mol. The lowest BCUT2D eigenvalue weighted by molar-refractivity contribution is -0.137. The second-order valence-corrected chi connectivity index (χ2v) is 5.45. The average molecular weight is 285 g/mol. The van der Waals surface area contributed by atoms with Crippen LogP contribution < -0.4 is 0 Å². The van der Waals surface area contributed by atoms with Gasteiger partial charge >= 0.3 is 12.1 Å². The smallest absolute Gasteiger partial charge is 0.410 e. The van der Waals surface area contributed by atoms with Crippen molar-refractivity contribution in [1.29, 1.82) is 0 Å². The lowest BCUT2D eigenvalue weighted by Gasteiger charge is -2.33. The van der Waals surface area contributed by atoms with Crippen LogP contribution in [0.25, 0.3) is 0 Å². The number of carbonyl (C=O) groups is 2. The van der Waals surface area contributed by atoms with E-state index in [1.807, 2.05) is 20.8 Å². The van der Waals surface area contributed by atoms with Crippen LogP contribution in [0, 0.1) is 0 Å². The molecule has 0 saturated carbocycles. The molecule has 0 aromatic rings. The number of ether oxygens (including phenoxy) is 3. The van der Waals surface area contributed by atoms with Gasteiger partial charge in [-0.3, -0.25) is 0 Å². The maximum Gasteiger partial charge on any atom is 0.410 e. The van der Waals surface area contributed by atoms with Crippen molar-refractivity contribution in [3.63, 3.8) is 0 Å². The van der Waals surface area contributed by atoms with Gasteiger partial charge < -0.3 is 19.1 Å². The van der Waals surface area contributed by atoms with Crippen LogP contribution in [-0.2, 0) is 19.0 Å². The molecule has 0 aromatic heterocycles. The summed E-state index contributed by atoms with van der Waals surface area (Å²) >= 11 is 0. The summed E-state index contributed by atoms with van der Waals surface area (Å²) in [4.78, 5) is 24.7. The van der Waals surface area contributed by atoms with Gasteiger partial charge in [0.25, 0.3) is 0 Å². The molecular weight excluding hydrogens is 262 g/mol. The maximum atomic E-state index is 11.9. The predicted octanol–water partition coefficient (Wildman–Crippen LogP) is 1.74. The van der Waals surface area contributed by atoms with Crippen molar-refractivity contribution < 1.29 is 23.8 Å². The Balaban J connectivity index is 2.50. The Morgan fingerprint density at radius 3 is 2.70 bits per heavy atom. The van der Waals surface area contributed by atoms with Crippen molar-refractivity contribution in [1.82, 2.24) is 4.90 Å². The quantitative estimate of drug-likeness (QED) is 0.584. The van der Waals surface area contributed by atoms with Gasteiger partial charge in [0.05, 0.1) is 25.9 Å². The van der Waals surface area contributed by atoms with Crippen molar-refractivity contribution in [3.8, 4) is 0 Å². The van der Waals surface area contributed by atoms with Gasteiger partial charge in [-0.1, -0.05) is 0 Å². The molecule has 114 valence electrons. The highest BCUT2D eigenvalue weighted by atomic mass is 16.6. The fraction of sp³-hybridized carbons (Fsp3) is 0.714. The standard InChI is InChI=1S/C14H23NO5/c1-5-18-12(16)7-6-11-10-15(8-9-19-11)13(17)20-14(2,3)4/h6-7,11H,5,8-10H2,1-4H3/b7-6+. The van der Waals surface area contributed by atoms with E-state index in [9.17, 15) is 9.59 Å². The minimum atomic E-state index is -0.522. The Kier molecular flexibility index (Phi) is 6.01. The third-order valence-electron chi connectivity index (χ3n) is 2.48. The van der Waals surface area contributed by atoms with Crippen LogP contribution in [0.15, 0.2) is 12.2 Å². The van der Waals surface area contributed by atoms with Crippen molar-refractivity contribution in [2.24, 2.45) is 0 Å². The van der Waals surface area contributed by atoms with Crippen molar-refractivity contribution in [3.05, 3.63) is 12.2 Å². The van der Waals surface area contributed by atoms with E-state index in [1.54, 1.807) is 17.9 Å². The molecule has 0 bridgehead atoms. The van der Waals surface area contributed by atoms with Crippen LogP contribution in [-0.4, -0.2) is 55.0 Å². The van der Waals surface area contributed by atoms with E-state index in [-0.39, 0.29) is 12.2 Å². The normalized spacial score (nSPS) is 20.0. The third kappa shape index (κ3) is 6.06. The highest BCUT2D eigenvalue weighted by Gasteiger charge is 2.27. The Morgan fingerprint density at radius 2 is 2.10 bits per heavy atom. The van der Waals surface area contributed by atoms with Gasteiger partial charge in [0.2, 0.25) is 0 Å². The summed E-state index contributed by atoms with van der Waals surface area (Å²) in [6.07, 6.45) is 2.25. The number of nitrogens with zero attached hydrogens (tertiary/aromatic N) is 1. The van der Waals surface area contributed by atoms with Crippen molar-refractivity contribution in [2.45, 2.75) is 39.4 Å². The van der Waals surface area contributed by atoms with Gasteiger partial charge in [-0.05, 0) is 33.8 Å². The minimum Gasteiger partial charge on any atom is -0.463 e. The Labute approximate surface area is 119 Å². The largest absolute Gasteiger partial charge is 0.463 e. The summed E-state index contributed by atoms with van der Waals surface area (Å²) in [7, 11) is 0. The Hall–Kier alpha value is -1.56. The van der Waals surface area contributed by atoms with Crippen LogP contribution in [0.3, 0.4) is 0 Å². The zero-order valence-corrected chi connectivity index (χ0v) is 12.5. The molecule has 20 heavy (non-hydrogen) atoms. The molecule has 6 nitrogen and oxygen atoms in total. The van der Waals surface area contributed by atoms with Gasteiger partial charge in [-0.15, -0.1) is 0 Å². The molecule has 0 radical (unpaired) electrons. The molecular formula is C14H23NO5. The highest BCUT2D eigenvalue weighted by molar-refractivity contribution is 5.82. The van der Waals surface area contributed by atoms with Crippen molar-refractivity contribution >= 4 is 12.1 Å². The molecule has 1 fully saturated rings. The molecule has 6 heteroatoms. The summed E-state index contributed by atoms with van der Waals surface area (Å²) < 4.78 is 15.6. The molecule has 0 spiro atoms. The molecule has 1 rings (SSSR count). The second-order valence-electron chi connectivity index (χ2n) is 5.45. The molecule has 1 unspecified atom stereocenters. The molecule has 0 aromatic carbocycles. The van der Waals surface area contributed by atoms with Crippen LogP contribution in [0.5, 0.6) is 0 Å². The Morgan fingerprint density at radius 1 is 1.40 bits per heavy atom. The molecule has 1 aliphatic rings. The first-order valence-corrected chi connectivity index (χ1v) is 6.76. The lowest BCUT2D eigenvalue weighted by atomic mass is 10.2. The van der Waals surface area contributed by atoms with E-state index in [0.717, 1.165) is 0 Å². The molecule has 1 atom stereocenters. The van der Waals surface area contributed by atoms with Gasteiger partial charge in [0.1, 0.15) is 5.60 Å². The van der Waals surface area contributed by atoms with Crippen molar-refractivity contribution in [2.75, 3.05) is 26.3 Å². The van der Waals surface area contributed by atoms with E-state index in [1.165, 1.54) is 6.08 Å². The first-order chi connectivity index (χ1) is 9.31. The summed E-state index contributed by atoms with van der Waals surface area (Å²) in [6, 6.07) is 0. The topological polar surface area (TPSA) is 65.1 Å². The van der Waals surface area contributed by atoms with E-state index < -0.39 is 11.6 Å². The molecule has 1 amide bonds. The van der Waals surface area contributed by atoms with Gasteiger partial charge in [-0.2, -0.15) is 0 Å². The highest BCUT2D eigenvalue weighted by Crippen LogP contribution is 2.13. The van der Waals surface area contributed by atoms with Gasteiger partial charge in [-0.25, -0.2) is 9.59 Å². The number of hydrogen-bond acceptors (Lipinski definition) is 5. The summed E-state index contributed by atoms with van der Waals surface area (Å²) in [6.45, 7) is 8.81. The maximum absolute atomic E-state index is 11.9. The number of rotatable bonds is 3. The van der Waals surface area contributed by atoms with Gasteiger partial charge in [0.15, 0.2) is 0 Å². The van der Waals surface area contributed by atoms with Crippen LogP contribution >= 0.6 is 0 Å². The summed E-state index contributed by atoms with van der Waals surface area (Å²) in [5.41, 5.74) is -0.522. The van der Waals surface area contributed by atoms with Crippen LogP contribution in [0.2, 0.25) is 0 Å². The first-order valence-electron chi connectivity index (χ1n) is 6.76. The second kappa shape index (κ2) is 7.28. The molecule has 1 saturated heterocycles. The minimum absolute atomic E-state index is 0.319. The SMILES string of the molecule is CCOC(=O)/C=C/C1CN(C(=O)OC(C)(C)C)CCO1. The fourth-order valence-electron chi connectivity index (χ4n) is 1.66. The summed E-state index contributed by atoms with van der Waals surface area (Å²) in [5.74, 6) is -0.412. The number of carbonyl (C=O) groups excluding carboxylic acids is 2. The van der Waals surface area contributed by atoms with Crippen LogP contribution in [0.4, 0.5) is 4.79 Å².